The van der Waals surface area contributed by atoms with Crippen molar-refractivity contribution in [3.63, 3.8) is 0 Å². The van der Waals surface area contributed by atoms with Crippen molar-refractivity contribution < 1.29 is 0 Å². The van der Waals surface area contributed by atoms with E-state index in [1.807, 2.05) is 19.9 Å². The Morgan fingerprint density at radius 1 is 1.36 bits per heavy atom. The maximum atomic E-state index is 10.9. The number of rotatable bonds is 1. The van der Waals surface area contributed by atoms with Crippen molar-refractivity contribution >= 4 is 0 Å². The molecule has 0 fully saturated rings. The first-order valence-electron chi connectivity index (χ1n) is 4.39. The average molecular weight is 189 g/mol. The van der Waals surface area contributed by atoms with Gasteiger partial charge in [-0.05, 0) is 26.0 Å². The zero-order valence-corrected chi connectivity index (χ0v) is 8.11. The van der Waals surface area contributed by atoms with Crippen LogP contribution in [0.3, 0.4) is 0 Å². The zero-order chi connectivity index (χ0) is 10.1. The molecule has 14 heavy (non-hydrogen) atoms. The molecular formula is C10H11N3O. The third-order valence-corrected chi connectivity index (χ3v) is 2.02. The lowest BCUT2D eigenvalue weighted by Gasteiger charge is -2.02. The van der Waals surface area contributed by atoms with Gasteiger partial charge in [-0.1, -0.05) is 0 Å². The maximum Gasteiger partial charge on any atom is 0.248 e. The van der Waals surface area contributed by atoms with Gasteiger partial charge in [-0.15, -0.1) is 0 Å². The molecule has 0 aromatic carbocycles. The Bertz CT molecular complexity index is 490. The molecule has 4 heteroatoms. The van der Waals surface area contributed by atoms with Crippen LogP contribution in [0.15, 0.2) is 29.2 Å². The summed E-state index contributed by atoms with van der Waals surface area (Å²) in [5.74, 6) is 0. The fraction of sp³-hybridized carbons (Fsp3) is 0.200. The largest absolute Gasteiger partial charge is 0.327 e. The highest BCUT2D eigenvalue weighted by Gasteiger charge is 2.02. The standard InChI is InChI=1S/C10H11N3O/c1-7-5-8(2)13(12-7)9-3-4-10(14)11-6-9/h3-6H,1-2H3,(H,11,14). The van der Waals surface area contributed by atoms with Gasteiger partial charge in [-0.2, -0.15) is 5.10 Å². The van der Waals surface area contributed by atoms with E-state index in [2.05, 4.69) is 10.1 Å². The summed E-state index contributed by atoms with van der Waals surface area (Å²) in [4.78, 5) is 13.5. The molecular weight excluding hydrogens is 178 g/mol. The van der Waals surface area contributed by atoms with Crippen molar-refractivity contribution in [3.8, 4) is 5.69 Å². The van der Waals surface area contributed by atoms with Gasteiger partial charge in [0.2, 0.25) is 5.56 Å². The van der Waals surface area contributed by atoms with Crippen molar-refractivity contribution in [2.24, 2.45) is 0 Å². The minimum atomic E-state index is -0.102. The number of aryl methyl sites for hydroxylation is 2. The second kappa shape index (κ2) is 3.14. The second-order valence-electron chi connectivity index (χ2n) is 3.25. The van der Waals surface area contributed by atoms with Crippen LogP contribution < -0.4 is 5.56 Å². The highest BCUT2D eigenvalue weighted by atomic mass is 16.1. The first-order chi connectivity index (χ1) is 6.66. The van der Waals surface area contributed by atoms with E-state index in [0.29, 0.717) is 0 Å². The highest BCUT2D eigenvalue weighted by Crippen LogP contribution is 2.08. The molecule has 0 spiro atoms. The molecule has 0 bridgehead atoms. The van der Waals surface area contributed by atoms with Gasteiger partial charge in [-0.25, -0.2) is 4.68 Å². The number of pyridine rings is 1. The molecule has 0 aliphatic rings. The van der Waals surface area contributed by atoms with Gasteiger partial charge in [0.15, 0.2) is 0 Å². The molecule has 0 amide bonds. The van der Waals surface area contributed by atoms with E-state index in [1.165, 1.54) is 6.07 Å². The number of aromatic amines is 1. The van der Waals surface area contributed by atoms with E-state index in [-0.39, 0.29) is 5.56 Å². The van der Waals surface area contributed by atoms with Crippen molar-refractivity contribution in [1.82, 2.24) is 14.8 Å². The molecule has 0 saturated carbocycles. The summed E-state index contributed by atoms with van der Waals surface area (Å²) in [6, 6.07) is 5.23. The van der Waals surface area contributed by atoms with Crippen LogP contribution in [0.25, 0.3) is 5.69 Å². The average Bonchev–Trinajstić information content (AvgIpc) is 2.47. The smallest absolute Gasteiger partial charge is 0.248 e. The topological polar surface area (TPSA) is 50.7 Å². The summed E-state index contributed by atoms with van der Waals surface area (Å²) in [5.41, 5.74) is 2.79. The highest BCUT2D eigenvalue weighted by molar-refractivity contribution is 5.29. The second-order valence-corrected chi connectivity index (χ2v) is 3.25. The Kier molecular flexibility index (Phi) is 1.96. The minimum Gasteiger partial charge on any atom is -0.327 e. The van der Waals surface area contributed by atoms with E-state index in [1.54, 1.807) is 16.9 Å². The van der Waals surface area contributed by atoms with Crippen LogP contribution in [-0.4, -0.2) is 14.8 Å². The lowest BCUT2D eigenvalue weighted by molar-refractivity contribution is 0.827. The molecule has 0 radical (unpaired) electrons. The van der Waals surface area contributed by atoms with E-state index >= 15 is 0 Å². The lowest BCUT2D eigenvalue weighted by Crippen LogP contribution is -2.06. The van der Waals surface area contributed by atoms with Gasteiger partial charge in [0.25, 0.3) is 0 Å². The predicted molar refractivity (Wildman–Crippen MR) is 53.7 cm³/mol. The van der Waals surface area contributed by atoms with Crippen molar-refractivity contribution in [3.05, 3.63) is 46.1 Å². The molecule has 0 aliphatic heterocycles. The Morgan fingerprint density at radius 2 is 2.14 bits per heavy atom. The van der Waals surface area contributed by atoms with E-state index in [4.69, 9.17) is 0 Å². The van der Waals surface area contributed by atoms with Crippen molar-refractivity contribution in [2.45, 2.75) is 13.8 Å². The number of aromatic nitrogens is 3. The van der Waals surface area contributed by atoms with E-state index < -0.39 is 0 Å². The van der Waals surface area contributed by atoms with Gasteiger partial charge >= 0.3 is 0 Å². The van der Waals surface area contributed by atoms with Crippen LogP contribution in [0.1, 0.15) is 11.4 Å². The fourth-order valence-electron chi connectivity index (χ4n) is 1.42. The number of hydrogen-bond donors (Lipinski definition) is 1. The van der Waals surface area contributed by atoms with Crippen molar-refractivity contribution in [2.75, 3.05) is 0 Å². The third kappa shape index (κ3) is 1.46. The first kappa shape index (κ1) is 8.74. The SMILES string of the molecule is Cc1cc(C)n(-c2ccc(=O)[nH]c2)n1. The molecule has 4 nitrogen and oxygen atoms in total. The van der Waals surface area contributed by atoms with Crippen LogP contribution in [0.2, 0.25) is 0 Å². The molecule has 72 valence electrons. The Hall–Kier alpha value is -1.84. The Morgan fingerprint density at radius 3 is 2.64 bits per heavy atom. The molecule has 2 rings (SSSR count). The number of nitrogens with zero attached hydrogens (tertiary/aromatic N) is 2. The molecule has 2 heterocycles. The van der Waals surface area contributed by atoms with Crippen LogP contribution in [0, 0.1) is 13.8 Å². The first-order valence-corrected chi connectivity index (χ1v) is 4.39. The molecule has 1 N–H and O–H groups in total. The summed E-state index contributed by atoms with van der Waals surface area (Å²) >= 11 is 0. The monoisotopic (exact) mass is 189 g/mol. The number of hydrogen-bond acceptors (Lipinski definition) is 2. The third-order valence-electron chi connectivity index (χ3n) is 2.02. The Balaban J connectivity index is 2.54. The molecule has 2 aromatic heterocycles. The van der Waals surface area contributed by atoms with Crippen molar-refractivity contribution in [1.29, 1.82) is 0 Å². The van der Waals surface area contributed by atoms with Crippen LogP contribution in [-0.2, 0) is 0 Å². The molecule has 0 saturated heterocycles. The molecule has 0 aliphatic carbocycles. The quantitative estimate of drug-likeness (QED) is 0.732. The van der Waals surface area contributed by atoms with E-state index in [9.17, 15) is 4.79 Å². The summed E-state index contributed by atoms with van der Waals surface area (Å²) < 4.78 is 1.80. The molecule has 2 aromatic rings. The summed E-state index contributed by atoms with van der Waals surface area (Å²) in [6.45, 7) is 3.92. The van der Waals surface area contributed by atoms with Crippen LogP contribution in [0.4, 0.5) is 0 Å². The lowest BCUT2D eigenvalue weighted by atomic mass is 10.4. The molecule has 0 atom stereocenters. The van der Waals surface area contributed by atoms with Crippen LogP contribution >= 0.6 is 0 Å². The normalized spacial score (nSPS) is 10.4. The predicted octanol–water partition coefficient (Wildman–Crippen LogP) is 1.18. The number of H-pyrrole nitrogens is 1. The van der Waals surface area contributed by atoms with E-state index in [0.717, 1.165) is 17.1 Å². The summed E-state index contributed by atoms with van der Waals surface area (Å²) in [6.07, 6.45) is 1.65. The van der Waals surface area contributed by atoms with Gasteiger partial charge in [-0.3, -0.25) is 4.79 Å². The van der Waals surface area contributed by atoms with Gasteiger partial charge < -0.3 is 4.98 Å². The minimum absolute atomic E-state index is 0.102. The van der Waals surface area contributed by atoms with Gasteiger partial charge in [0.05, 0.1) is 11.4 Å². The summed E-state index contributed by atoms with van der Waals surface area (Å²) in [7, 11) is 0. The maximum absolute atomic E-state index is 10.9. The molecule has 0 unspecified atom stereocenters. The zero-order valence-electron chi connectivity index (χ0n) is 8.11. The van der Waals surface area contributed by atoms with Gasteiger partial charge in [0, 0.05) is 18.0 Å². The van der Waals surface area contributed by atoms with Gasteiger partial charge in [0.1, 0.15) is 0 Å². The Labute approximate surface area is 81.2 Å². The van der Waals surface area contributed by atoms with Crippen LogP contribution in [0.5, 0.6) is 0 Å². The summed E-state index contributed by atoms with van der Waals surface area (Å²) in [5, 5.41) is 4.30. The number of nitrogens with one attached hydrogen (secondary N) is 1. The fourth-order valence-corrected chi connectivity index (χ4v) is 1.42.